The zero-order valence-corrected chi connectivity index (χ0v) is 11.3. The highest BCUT2D eigenvalue weighted by molar-refractivity contribution is 7.12. The summed E-state index contributed by atoms with van der Waals surface area (Å²) < 4.78 is 0. The molecule has 4 nitrogen and oxygen atoms in total. The van der Waals surface area contributed by atoms with E-state index in [1.165, 1.54) is 11.3 Å². The Morgan fingerprint density at radius 3 is 2.65 bits per heavy atom. The predicted molar refractivity (Wildman–Crippen MR) is 71.1 cm³/mol. The lowest BCUT2D eigenvalue weighted by Gasteiger charge is -2.31. The number of carbonyl (C=O) groups excluding carboxylic acids is 1. The Kier molecular flexibility index (Phi) is 4.54. The van der Waals surface area contributed by atoms with Gasteiger partial charge >= 0.3 is 0 Å². The fraction of sp³-hybridized carbons (Fsp3) is 0.583. The van der Waals surface area contributed by atoms with Crippen molar-refractivity contribution in [1.82, 2.24) is 5.32 Å². The third-order valence-electron chi connectivity index (χ3n) is 2.67. The van der Waals surface area contributed by atoms with Gasteiger partial charge in [0.25, 0.3) is 5.91 Å². The van der Waals surface area contributed by atoms with Crippen LogP contribution in [0, 0.1) is 5.41 Å². The van der Waals surface area contributed by atoms with Gasteiger partial charge < -0.3 is 16.2 Å². The van der Waals surface area contributed by atoms with E-state index in [-0.39, 0.29) is 24.0 Å². The van der Waals surface area contributed by atoms with Gasteiger partial charge in [0.05, 0.1) is 5.69 Å². The Morgan fingerprint density at radius 2 is 2.24 bits per heavy atom. The van der Waals surface area contributed by atoms with E-state index in [0.717, 1.165) is 0 Å². The second-order valence-corrected chi connectivity index (χ2v) is 6.03. The normalized spacial score (nSPS) is 13.4. The minimum Gasteiger partial charge on any atom is -0.397 e. The maximum absolute atomic E-state index is 12.0. The third-order valence-corrected chi connectivity index (χ3v) is 3.60. The van der Waals surface area contributed by atoms with Gasteiger partial charge in [0.15, 0.2) is 0 Å². The molecule has 0 fully saturated rings. The smallest absolute Gasteiger partial charge is 0.263 e. The monoisotopic (exact) mass is 256 g/mol. The van der Waals surface area contributed by atoms with Crippen molar-refractivity contribution in [3.63, 3.8) is 0 Å². The number of nitrogens with two attached hydrogens (primary N) is 1. The molecule has 1 aromatic rings. The number of rotatable bonds is 4. The van der Waals surface area contributed by atoms with E-state index in [4.69, 9.17) is 10.8 Å². The topological polar surface area (TPSA) is 75.3 Å². The van der Waals surface area contributed by atoms with Crippen LogP contribution in [-0.2, 0) is 0 Å². The van der Waals surface area contributed by atoms with Crippen LogP contribution in [0.3, 0.4) is 0 Å². The number of carbonyl (C=O) groups is 1. The third kappa shape index (κ3) is 3.71. The van der Waals surface area contributed by atoms with Crippen molar-refractivity contribution in [3.05, 3.63) is 16.3 Å². The summed E-state index contributed by atoms with van der Waals surface area (Å²) in [6.07, 6.45) is 0.542. The van der Waals surface area contributed by atoms with Gasteiger partial charge in [-0.05, 0) is 23.3 Å². The van der Waals surface area contributed by atoms with Gasteiger partial charge in [0.2, 0.25) is 0 Å². The summed E-state index contributed by atoms with van der Waals surface area (Å²) in [4.78, 5) is 12.5. The number of thiophene rings is 1. The molecule has 1 amide bonds. The van der Waals surface area contributed by atoms with Crippen molar-refractivity contribution in [2.24, 2.45) is 5.41 Å². The number of aliphatic hydroxyl groups is 1. The Bertz CT molecular complexity index is 382. The zero-order chi connectivity index (χ0) is 13.1. The van der Waals surface area contributed by atoms with Crippen molar-refractivity contribution in [2.45, 2.75) is 33.2 Å². The zero-order valence-electron chi connectivity index (χ0n) is 10.5. The van der Waals surface area contributed by atoms with Gasteiger partial charge in [0.1, 0.15) is 4.88 Å². The molecule has 17 heavy (non-hydrogen) atoms. The van der Waals surface area contributed by atoms with Crippen LogP contribution < -0.4 is 11.1 Å². The minimum atomic E-state index is -0.161. The first kappa shape index (κ1) is 14.0. The molecule has 1 aromatic heterocycles. The van der Waals surface area contributed by atoms with Crippen molar-refractivity contribution < 1.29 is 9.90 Å². The highest BCUT2D eigenvalue weighted by atomic mass is 32.1. The van der Waals surface area contributed by atoms with E-state index < -0.39 is 0 Å². The molecule has 0 aromatic carbocycles. The SMILES string of the molecule is CC(C)(C)C(CCO)NC(=O)c1sccc1N. The van der Waals surface area contributed by atoms with Gasteiger partial charge in [-0.2, -0.15) is 0 Å². The molecule has 0 aliphatic carbocycles. The van der Waals surface area contributed by atoms with Crippen LogP contribution in [0.15, 0.2) is 11.4 Å². The average Bonchev–Trinajstić information content (AvgIpc) is 2.62. The van der Waals surface area contributed by atoms with Crippen molar-refractivity contribution in [3.8, 4) is 0 Å². The standard InChI is InChI=1S/C12H20N2O2S/c1-12(2,3)9(4-6-15)14-11(16)10-8(13)5-7-17-10/h5,7,9,15H,4,6,13H2,1-3H3,(H,14,16). The highest BCUT2D eigenvalue weighted by Gasteiger charge is 2.26. The molecule has 1 rings (SSSR count). The highest BCUT2D eigenvalue weighted by Crippen LogP contribution is 2.24. The summed E-state index contributed by atoms with van der Waals surface area (Å²) in [6, 6.07) is 1.65. The molecule has 5 heteroatoms. The van der Waals surface area contributed by atoms with Crippen molar-refractivity contribution >= 4 is 22.9 Å². The summed E-state index contributed by atoms with van der Waals surface area (Å²) in [7, 11) is 0. The second-order valence-electron chi connectivity index (χ2n) is 5.11. The first-order chi connectivity index (χ1) is 7.86. The molecule has 0 spiro atoms. The number of aliphatic hydroxyl groups excluding tert-OH is 1. The number of nitrogens with one attached hydrogen (secondary N) is 1. The lowest BCUT2D eigenvalue weighted by Crippen LogP contribution is -2.44. The van der Waals surface area contributed by atoms with Crippen LogP contribution in [0.2, 0.25) is 0 Å². The largest absolute Gasteiger partial charge is 0.397 e. The van der Waals surface area contributed by atoms with Crippen LogP contribution in [-0.4, -0.2) is 23.7 Å². The van der Waals surface area contributed by atoms with Gasteiger partial charge in [-0.1, -0.05) is 20.8 Å². The van der Waals surface area contributed by atoms with Crippen molar-refractivity contribution in [1.29, 1.82) is 0 Å². The fourth-order valence-electron chi connectivity index (χ4n) is 1.58. The molecule has 0 bridgehead atoms. The van der Waals surface area contributed by atoms with Crippen molar-refractivity contribution in [2.75, 3.05) is 12.3 Å². The maximum Gasteiger partial charge on any atom is 0.263 e. The van der Waals surface area contributed by atoms with Crippen LogP contribution in [0.4, 0.5) is 5.69 Å². The molecule has 4 N–H and O–H groups in total. The fourth-order valence-corrected chi connectivity index (χ4v) is 2.30. The second kappa shape index (κ2) is 5.51. The van der Waals surface area contributed by atoms with Crippen LogP contribution >= 0.6 is 11.3 Å². The maximum atomic E-state index is 12.0. The molecule has 0 radical (unpaired) electrons. The summed E-state index contributed by atoms with van der Waals surface area (Å²) in [5.74, 6) is -0.161. The predicted octanol–water partition coefficient (Wildman–Crippen LogP) is 1.86. The summed E-state index contributed by atoms with van der Waals surface area (Å²) in [5.41, 5.74) is 6.11. The number of amides is 1. The molecule has 1 atom stereocenters. The lowest BCUT2D eigenvalue weighted by molar-refractivity contribution is 0.0890. The molecular formula is C12H20N2O2S. The van der Waals surface area contributed by atoms with Gasteiger partial charge in [0, 0.05) is 12.6 Å². The summed E-state index contributed by atoms with van der Waals surface area (Å²) in [6.45, 7) is 6.16. The van der Waals surface area contributed by atoms with Gasteiger partial charge in [-0.15, -0.1) is 11.3 Å². The number of hydrogen-bond acceptors (Lipinski definition) is 4. The molecule has 1 unspecified atom stereocenters. The first-order valence-corrected chi connectivity index (χ1v) is 6.49. The first-order valence-electron chi connectivity index (χ1n) is 5.61. The quantitative estimate of drug-likeness (QED) is 0.769. The van der Waals surface area contributed by atoms with Crippen LogP contribution in [0.1, 0.15) is 36.9 Å². The molecule has 0 saturated heterocycles. The summed E-state index contributed by atoms with van der Waals surface area (Å²) in [5, 5.41) is 13.8. The lowest BCUT2D eigenvalue weighted by atomic mass is 9.85. The Morgan fingerprint density at radius 1 is 1.59 bits per heavy atom. The van der Waals surface area contributed by atoms with Gasteiger partial charge in [-0.3, -0.25) is 4.79 Å². The molecule has 0 aliphatic heterocycles. The minimum absolute atomic E-state index is 0.0577. The van der Waals surface area contributed by atoms with E-state index in [1.807, 2.05) is 20.8 Å². The molecule has 96 valence electrons. The van der Waals surface area contributed by atoms with Crippen LogP contribution in [0.25, 0.3) is 0 Å². The molecule has 0 saturated carbocycles. The Hall–Kier alpha value is -1.07. The van der Waals surface area contributed by atoms with E-state index >= 15 is 0 Å². The number of hydrogen-bond donors (Lipinski definition) is 3. The van der Waals surface area contributed by atoms with E-state index in [0.29, 0.717) is 17.0 Å². The molecule has 1 heterocycles. The van der Waals surface area contributed by atoms with Crippen LogP contribution in [0.5, 0.6) is 0 Å². The van der Waals surface area contributed by atoms with E-state index in [9.17, 15) is 4.79 Å². The molecule has 0 aliphatic rings. The average molecular weight is 256 g/mol. The Labute approximate surface area is 106 Å². The van der Waals surface area contributed by atoms with E-state index in [2.05, 4.69) is 5.32 Å². The summed E-state index contributed by atoms with van der Waals surface area (Å²) >= 11 is 1.33. The van der Waals surface area contributed by atoms with Gasteiger partial charge in [-0.25, -0.2) is 0 Å². The number of anilines is 1. The van der Waals surface area contributed by atoms with E-state index in [1.54, 1.807) is 11.4 Å². The molecular weight excluding hydrogens is 236 g/mol. The number of nitrogen functional groups attached to an aromatic ring is 1. The Balaban J connectivity index is 2.75.